The minimum atomic E-state index is -0.0319. The first-order valence-electron chi connectivity index (χ1n) is 5.30. The second-order valence-corrected chi connectivity index (χ2v) is 5.78. The zero-order chi connectivity index (χ0) is 12.3. The van der Waals surface area contributed by atoms with Gasteiger partial charge in [-0.15, -0.1) is 0 Å². The van der Waals surface area contributed by atoms with Crippen molar-refractivity contribution in [1.82, 2.24) is 10.2 Å². The standard InChI is InChI=1S/C11H26N4/c1-10(2,3)14-9(12)13-8-11(4,5)15(6)7/h8H2,1-7H3,(H3,12,13,14). The molecule has 0 bridgehead atoms. The van der Waals surface area contributed by atoms with Gasteiger partial charge in [0.05, 0.1) is 6.54 Å². The molecule has 0 atom stereocenters. The van der Waals surface area contributed by atoms with Gasteiger partial charge in [-0.3, -0.25) is 4.99 Å². The molecule has 0 aliphatic heterocycles. The fourth-order valence-electron chi connectivity index (χ4n) is 0.844. The third kappa shape index (κ3) is 6.33. The molecule has 0 aromatic rings. The summed E-state index contributed by atoms with van der Waals surface area (Å²) in [6.07, 6.45) is 0. The molecule has 0 saturated carbocycles. The Kier molecular flexibility index (Phi) is 4.59. The van der Waals surface area contributed by atoms with Crippen LogP contribution in [-0.2, 0) is 0 Å². The monoisotopic (exact) mass is 214 g/mol. The number of nitrogens with two attached hydrogens (primary N) is 1. The lowest BCUT2D eigenvalue weighted by Crippen LogP contribution is -2.47. The molecule has 0 fully saturated rings. The molecule has 0 aromatic heterocycles. The van der Waals surface area contributed by atoms with Crippen LogP contribution in [0.2, 0.25) is 0 Å². The number of hydrogen-bond acceptors (Lipinski definition) is 2. The van der Waals surface area contributed by atoms with Crippen LogP contribution in [-0.4, -0.2) is 42.6 Å². The van der Waals surface area contributed by atoms with Crippen LogP contribution >= 0.6 is 0 Å². The number of nitrogens with one attached hydrogen (secondary N) is 1. The first-order valence-corrected chi connectivity index (χ1v) is 5.30. The Balaban J connectivity index is 4.29. The molecular weight excluding hydrogens is 188 g/mol. The van der Waals surface area contributed by atoms with Crippen LogP contribution in [0.3, 0.4) is 0 Å². The van der Waals surface area contributed by atoms with Crippen molar-refractivity contribution in [3.8, 4) is 0 Å². The summed E-state index contributed by atoms with van der Waals surface area (Å²) in [5.74, 6) is 0.512. The van der Waals surface area contributed by atoms with Crippen LogP contribution < -0.4 is 11.1 Å². The Morgan fingerprint density at radius 3 is 2.00 bits per heavy atom. The van der Waals surface area contributed by atoms with Gasteiger partial charge in [0.15, 0.2) is 5.96 Å². The third-order valence-corrected chi connectivity index (χ3v) is 2.35. The van der Waals surface area contributed by atoms with E-state index in [9.17, 15) is 0 Å². The number of guanidine groups is 1. The van der Waals surface area contributed by atoms with E-state index in [1.165, 1.54) is 0 Å². The molecule has 0 unspecified atom stereocenters. The zero-order valence-corrected chi connectivity index (χ0v) is 11.2. The minimum absolute atomic E-state index is 0.0319. The number of nitrogens with zero attached hydrogens (tertiary/aromatic N) is 2. The van der Waals surface area contributed by atoms with Crippen molar-refractivity contribution in [3.05, 3.63) is 0 Å². The summed E-state index contributed by atoms with van der Waals surface area (Å²) in [6.45, 7) is 11.2. The molecule has 0 radical (unpaired) electrons. The van der Waals surface area contributed by atoms with Gasteiger partial charge in [-0.2, -0.15) is 0 Å². The van der Waals surface area contributed by atoms with Crippen LogP contribution in [0.15, 0.2) is 4.99 Å². The molecule has 0 aliphatic rings. The summed E-state index contributed by atoms with van der Waals surface area (Å²) in [4.78, 5) is 6.48. The largest absolute Gasteiger partial charge is 0.370 e. The maximum absolute atomic E-state index is 5.79. The summed E-state index contributed by atoms with van der Waals surface area (Å²) in [7, 11) is 4.09. The van der Waals surface area contributed by atoms with Crippen molar-refractivity contribution in [2.75, 3.05) is 20.6 Å². The number of likely N-dealkylation sites (N-methyl/N-ethyl adjacent to an activating group) is 1. The van der Waals surface area contributed by atoms with E-state index in [1.54, 1.807) is 0 Å². The summed E-state index contributed by atoms with van der Waals surface area (Å²) in [6, 6.07) is 0. The first kappa shape index (κ1) is 14.2. The van der Waals surface area contributed by atoms with E-state index >= 15 is 0 Å². The van der Waals surface area contributed by atoms with E-state index in [0.29, 0.717) is 12.5 Å². The van der Waals surface area contributed by atoms with Crippen LogP contribution in [0.4, 0.5) is 0 Å². The first-order chi connectivity index (χ1) is 6.54. The van der Waals surface area contributed by atoms with Gasteiger partial charge >= 0.3 is 0 Å². The highest BCUT2D eigenvalue weighted by molar-refractivity contribution is 5.78. The van der Waals surface area contributed by atoms with Crippen LogP contribution in [0.25, 0.3) is 0 Å². The molecule has 0 amide bonds. The molecule has 3 N–H and O–H groups in total. The molecule has 90 valence electrons. The Morgan fingerprint density at radius 2 is 1.67 bits per heavy atom. The van der Waals surface area contributed by atoms with Gasteiger partial charge in [0.2, 0.25) is 0 Å². The van der Waals surface area contributed by atoms with E-state index < -0.39 is 0 Å². The molecule has 0 heterocycles. The van der Waals surface area contributed by atoms with Crippen LogP contribution in [0, 0.1) is 0 Å². The average molecular weight is 214 g/mol. The van der Waals surface area contributed by atoms with Gasteiger partial charge in [-0.25, -0.2) is 0 Å². The predicted molar refractivity (Wildman–Crippen MR) is 67.1 cm³/mol. The highest BCUT2D eigenvalue weighted by Gasteiger charge is 2.20. The number of rotatable bonds is 3. The molecule has 0 rings (SSSR count). The van der Waals surface area contributed by atoms with Crippen molar-refractivity contribution in [2.24, 2.45) is 10.7 Å². The van der Waals surface area contributed by atoms with Gasteiger partial charge in [0.1, 0.15) is 0 Å². The second kappa shape index (κ2) is 4.84. The summed E-state index contributed by atoms with van der Waals surface area (Å²) in [5.41, 5.74) is 5.79. The smallest absolute Gasteiger partial charge is 0.189 e. The van der Waals surface area contributed by atoms with Gasteiger partial charge < -0.3 is 16.0 Å². The Hall–Kier alpha value is -0.770. The van der Waals surface area contributed by atoms with Crippen molar-refractivity contribution in [3.63, 3.8) is 0 Å². The van der Waals surface area contributed by atoms with Gasteiger partial charge in [-0.1, -0.05) is 0 Å². The van der Waals surface area contributed by atoms with Crippen molar-refractivity contribution >= 4 is 5.96 Å². The van der Waals surface area contributed by atoms with Crippen molar-refractivity contribution in [2.45, 2.75) is 45.7 Å². The molecule has 0 aliphatic carbocycles. The van der Waals surface area contributed by atoms with E-state index in [-0.39, 0.29) is 11.1 Å². The molecule has 0 spiro atoms. The highest BCUT2D eigenvalue weighted by atomic mass is 15.2. The third-order valence-electron chi connectivity index (χ3n) is 2.35. The normalized spacial score (nSPS) is 14.5. The summed E-state index contributed by atoms with van der Waals surface area (Å²) in [5, 5.41) is 3.14. The van der Waals surface area contributed by atoms with E-state index in [2.05, 4.69) is 49.8 Å². The quantitative estimate of drug-likeness (QED) is 0.545. The molecule has 0 aromatic carbocycles. The fraction of sp³-hybridized carbons (Fsp3) is 0.909. The summed E-state index contributed by atoms with van der Waals surface area (Å²) >= 11 is 0. The van der Waals surface area contributed by atoms with Gasteiger partial charge in [0.25, 0.3) is 0 Å². The van der Waals surface area contributed by atoms with Gasteiger partial charge in [-0.05, 0) is 48.7 Å². The van der Waals surface area contributed by atoms with Crippen molar-refractivity contribution in [1.29, 1.82) is 0 Å². The number of hydrogen-bond donors (Lipinski definition) is 2. The predicted octanol–water partition coefficient (Wildman–Crippen LogP) is 1.03. The maximum atomic E-state index is 5.79. The van der Waals surface area contributed by atoms with E-state index in [4.69, 9.17) is 5.73 Å². The zero-order valence-electron chi connectivity index (χ0n) is 11.2. The summed E-state index contributed by atoms with van der Waals surface area (Å²) < 4.78 is 0. The average Bonchev–Trinajstić information content (AvgIpc) is 1.97. The van der Waals surface area contributed by atoms with Crippen LogP contribution in [0.5, 0.6) is 0 Å². The Bertz CT molecular complexity index is 223. The topological polar surface area (TPSA) is 53.6 Å². The van der Waals surface area contributed by atoms with Gasteiger partial charge in [0, 0.05) is 11.1 Å². The molecule has 4 nitrogen and oxygen atoms in total. The molecule has 4 heteroatoms. The maximum Gasteiger partial charge on any atom is 0.189 e. The van der Waals surface area contributed by atoms with Crippen LogP contribution in [0.1, 0.15) is 34.6 Å². The SMILES string of the molecule is CN(C)C(C)(C)CN=C(N)NC(C)(C)C. The fourth-order valence-corrected chi connectivity index (χ4v) is 0.844. The lowest BCUT2D eigenvalue weighted by Gasteiger charge is -2.31. The minimum Gasteiger partial charge on any atom is -0.370 e. The van der Waals surface area contributed by atoms with Crippen molar-refractivity contribution < 1.29 is 0 Å². The highest BCUT2D eigenvalue weighted by Crippen LogP contribution is 2.09. The van der Waals surface area contributed by atoms with E-state index in [0.717, 1.165) is 0 Å². The Labute approximate surface area is 93.9 Å². The Morgan fingerprint density at radius 1 is 1.20 bits per heavy atom. The number of aliphatic imine (C=N–C) groups is 1. The lowest BCUT2D eigenvalue weighted by molar-refractivity contribution is 0.204. The molecular formula is C11H26N4. The molecule has 15 heavy (non-hydrogen) atoms. The lowest BCUT2D eigenvalue weighted by atomic mass is 10.1. The van der Waals surface area contributed by atoms with E-state index in [1.807, 2.05) is 14.1 Å². The second-order valence-electron chi connectivity index (χ2n) is 5.78. The molecule has 0 saturated heterocycles.